The number of imide groups is 1. The van der Waals surface area contributed by atoms with Crippen LogP contribution in [0.5, 0.6) is 5.75 Å². The van der Waals surface area contributed by atoms with Crippen LogP contribution in [0.25, 0.3) is 10.9 Å². The number of carbonyl (C=O) groups excluding carboxylic acids is 2. The van der Waals surface area contributed by atoms with Crippen LogP contribution in [-0.2, 0) is 20.1 Å². The van der Waals surface area contributed by atoms with Crippen LogP contribution in [0, 0.1) is 6.92 Å². The van der Waals surface area contributed by atoms with E-state index in [1.165, 1.54) is 12.1 Å². The van der Waals surface area contributed by atoms with Gasteiger partial charge < -0.3 is 8.75 Å². The lowest BCUT2D eigenvalue weighted by Gasteiger charge is -2.24. The second-order valence-corrected chi connectivity index (χ2v) is 6.27. The summed E-state index contributed by atoms with van der Waals surface area (Å²) in [6, 6.07) is 5.44. The van der Waals surface area contributed by atoms with Crippen LogP contribution in [0.3, 0.4) is 0 Å². The minimum atomic E-state index is -5.09. The number of carbonyl (C=O) groups is 2. The quantitative estimate of drug-likeness (QED) is 0.675. The lowest BCUT2D eigenvalue weighted by Crippen LogP contribution is -2.41. The van der Waals surface area contributed by atoms with Gasteiger partial charge in [-0.1, -0.05) is 3.89 Å². The number of rotatable bonds is 3. The van der Waals surface area contributed by atoms with Crippen molar-refractivity contribution in [2.75, 3.05) is 0 Å². The van der Waals surface area contributed by atoms with Crippen molar-refractivity contribution < 1.29 is 26.1 Å². The van der Waals surface area contributed by atoms with Crippen molar-refractivity contribution in [3.63, 3.8) is 0 Å². The maximum Gasteiger partial charge on any atom is 0.488 e. The van der Waals surface area contributed by atoms with Crippen molar-refractivity contribution in [2.24, 2.45) is 0 Å². The first-order chi connectivity index (χ1) is 10.7. The Balaban J connectivity index is 2.03. The third-order valence-corrected chi connectivity index (χ3v) is 4.11. The van der Waals surface area contributed by atoms with Gasteiger partial charge >= 0.3 is 10.5 Å². The molecule has 2 aromatic rings. The summed E-state index contributed by atoms with van der Waals surface area (Å²) in [5, 5.41) is 2.90. The van der Waals surface area contributed by atoms with Crippen molar-refractivity contribution in [2.45, 2.75) is 25.8 Å². The molecule has 122 valence electrons. The van der Waals surface area contributed by atoms with Gasteiger partial charge in [-0.3, -0.25) is 14.9 Å². The number of nitrogens with zero attached hydrogens (tertiary/aromatic N) is 1. The maximum absolute atomic E-state index is 12.6. The molecule has 1 aliphatic heterocycles. The normalized spacial score (nSPS) is 19.0. The number of hydrogen-bond donors (Lipinski definition) is 1. The molecule has 1 aromatic heterocycles. The number of piperidine rings is 1. The third-order valence-electron chi connectivity index (χ3n) is 3.72. The summed E-state index contributed by atoms with van der Waals surface area (Å²) in [6.45, 7) is 1.79. The third kappa shape index (κ3) is 3.04. The zero-order valence-electron chi connectivity index (χ0n) is 12.1. The van der Waals surface area contributed by atoms with E-state index in [1.54, 1.807) is 23.6 Å². The molecule has 0 spiro atoms. The van der Waals surface area contributed by atoms with Gasteiger partial charge in [-0.05, 0) is 37.6 Å². The van der Waals surface area contributed by atoms with E-state index in [0.717, 1.165) is 5.69 Å². The van der Waals surface area contributed by atoms with E-state index in [1.807, 2.05) is 0 Å². The second-order valence-electron chi connectivity index (χ2n) is 5.32. The summed E-state index contributed by atoms with van der Waals surface area (Å²) in [4.78, 5) is 23.3. The van der Waals surface area contributed by atoms with Crippen LogP contribution in [0.15, 0.2) is 24.3 Å². The van der Waals surface area contributed by atoms with Crippen molar-refractivity contribution >= 4 is 33.2 Å². The minimum Gasteiger partial charge on any atom is -0.358 e. The number of aromatic nitrogens is 1. The molecule has 2 amide bonds. The molecular weight excluding hydrogens is 327 g/mol. The van der Waals surface area contributed by atoms with Crippen molar-refractivity contribution in [1.82, 2.24) is 9.88 Å². The SMILES string of the molecule is Cc1cc2cc(OS(=O)(=O)F)ccc2n1C1CCC(=O)NC1=O. The monoisotopic (exact) mass is 340 g/mol. The number of fused-ring (bicyclic) bond motifs is 1. The Hall–Kier alpha value is -2.42. The topological polar surface area (TPSA) is 94.5 Å². The van der Waals surface area contributed by atoms with Gasteiger partial charge in [0.2, 0.25) is 11.8 Å². The summed E-state index contributed by atoms with van der Waals surface area (Å²) in [5.41, 5.74) is 1.43. The largest absolute Gasteiger partial charge is 0.488 e. The molecule has 1 atom stereocenters. The Morgan fingerprint density at radius 1 is 1.30 bits per heavy atom. The number of nitrogens with one attached hydrogen (secondary N) is 1. The maximum atomic E-state index is 12.6. The Morgan fingerprint density at radius 2 is 2.04 bits per heavy atom. The molecule has 1 saturated heterocycles. The highest BCUT2D eigenvalue weighted by Gasteiger charge is 2.29. The lowest BCUT2D eigenvalue weighted by atomic mass is 10.1. The summed E-state index contributed by atoms with van der Waals surface area (Å²) < 4.78 is 39.7. The molecule has 23 heavy (non-hydrogen) atoms. The predicted octanol–water partition coefficient (Wildman–Crippen LogP) is 1.52. The first kappa shape index (κ1) is 15.5. The van der Waals surface area contributed by atoms with Gasteiger partial charge in [-0.15, -0.1) is 0 Å². The van der Waals surface area contributed by atoms with Gasteiger partial charge in [-0.2, -0.15) is 8.42 Å². The second kappa shape index (κ2) is 5.34. The van der Waals surface area contributed by atoms with E-state index >= 15 is 0 Å². The highest BCUT2D eigenvalue weighted by molar-refractivity contribution is 7.81. The molecule has 1 unspecified atom stereocenters. The van der Waals surface area contributed by atoms with Gasteiger partial charge in [0, 0.05) is 23.0 Å². The Labute approximate surface area is 131 Å². The van der Waals surface area contributed by atoms with Gasteiger partial charge in [0.15, 0.2) is 0 Å². The molecule has 1 aliphatic rings. The van der Waals surface area contributed by atoms with Crippen LogP contribution in [0.4, 0.5) is 3.89 Å². The van der Waals surface area contributed by atoms with Crippen molar-refractivity contribution in [3.8, 4) is 5.75 Å². The summed E-state index contributed by atoms with van der Waals surface area (Å²) >= 11 is 0. The Kier molecular flexibility index (Phi) is 3.59. The number of aryl methyl sites for hydroxylation is 1. The highest BCUT2D eigenvalue weighted by atomic mass is 32.3. The van der Waals surface area contributed by atoms with Crippen LogP contribution in [-0.4, -0.2) is 24.8 Å². The van der Waals surface area contributed by atoms with Gasteiger partial charge in [0.05, 0.1) is 0 Å². The highest BCUT2D eigenvalue weighted by Crippen LogP contribution is 2.30. The average Bonchev–Trinajstić information content (AvgIpc) is 2.72. The number of hydrogen-bond acceptors (Lipinski definition) is 5. The number of benzene rings is 1. The van der Waals surface area contributed by atoms with E-state index in [9.17, 15) is 21.9 Å². The van der Waals surface area contributed by atoms with Crippen molar-refractivity contribution in [3.05, 3.63) is 30.0 Å². The molecule has 9 heteroatoms. The molecule has 1 fully saturated rings. The van der Waals surface area contributed by atoms with Gasteiger partial charge in [-0.25, -0.2) is 0 Å². The molecule has 0 saturated carbocycles. The Morgan fingerprint density at radius 3 is 2.70 bits per heavy atom. The summed E-state index contributed by atoms with van der Waals surface area (Å²) in [6.07, 6.45) is 0.628. The molecule has 7 nitrogen and oxygen atoms in total. The van der Waals surface area contributed by atoms with Crippen molar-refractivity contribution in [1.29, 1.82) is 0 Å². The van der Waals surface area contributed by atoms with E-state index < -0.39 is 16.5 Å². The molecule has 1 aromatic carbocycles. The van der Waals surface area contributed by atoms with E-state index in [2.05, 4.69) is 9.50 Å². The fraction of sp³-hybridized carbons (Fsp3) is 0.286. The fourth-order valence-corrected chi connectivity index (χ4v) is 3.19. The molecule has 1 N–H and O–H groups in total. The average molecular weight is 340 g/mol. The van der Waals surface area contributed by atoms with Crippen LogP contribution >= 0.6 is 0 Å². The molecule has 0 aliphatic carbocycles. The van der Waals surface area contributed by atoms with E-state index in [4.69, 9.17) is 0 Å². The van der Waals surface area contributed by atoms with Gasteiger partial charge in [0.25, 0.3) is 0 Å². The summed E-state index contributed by atoms with van der Waals surface area (Å²) in [7, 11) is -5.09. The molecule has 0 radical (unpaired) electrons. The Bertz CT molecular complexity index is 919. The lowest BCUT2D eigenvalue weighted by molar-refractivity contribution is -0.135. The van der Waals surface area contributed by atoms with E-state index in [-0.39, 0.29) is 24.0 Å². The predicted molar refractivity (Wildman–Crippen MR) is 78.8 cm³/mol. The minimum absolute atomic E-state index is 0.152. The smallest absolute Gasteiger partial charge is 0.358 e. The van der Waals surface area contributed by atoms with Crippen LogP contribution < -0.4 is 9.50 Å². The first-order valence-corrected chi connectivity index (χ1v) is 8.15. The zero-order chi connectivity index (χ0) is 16.8. The standard InChI is InChI=1S/C14H13FN2O5S/c1-8-6-9-7-10(22-23(15,20)21)2-3-11(9)17(8)12-4-5-13(18)16-14(12)19/h2-3,6-7,12H,4-5H2,1H3,(H,16,18,19). The van der Waals surface area contributed by atoms with Crippen LogP contribution in [0.1, 0.15) is 24.6 Å². The van der Waals surface area contributed by atoms with Gasteiger partial charge in [0.1, 0.15) is 11.8 Å². The number of halogens is 1. The first-order valence-electron chi connectivity index (χ1n) is 6.84. The molecule has 2 heterocycles. The van der Waals surface area contributed by atoms with E-state index in [0.29, 0.717) is 17.3 Å². The molecule has 3 rings (SSSR count). The van der Waals surface area contributed by atoms with Crippen LogP contribution in [0.2, 0.25) is 0 Å². The molecular formula is C14H13FN2O5S. The fourth-order valence-electron chi connectivity index (χ4n) is 2.86. The zero-order valence-corrected chi connectivity index (χ0v) is 12.9. The number of amides is 2. The summed E-state index contributed by atoms with van der Waals surface area (Å²) in [5.74, 6) is -0.835. The molecule has 0 bridgehead atoms.